The Morgan fingerprint density at radius 2 is 1.93 bits per heavy atom. The average Bonchev–Trinajstić information content (AvgIpc) is 3.12. The van der Waals surface area contributed by atoms with Crippen molar-refractivity contribution in [3.05, 3.63) is 65.2 Å². The Morgan fingerprint density at radius 1 is 1.22 bits per heavy atom. The van der Waals surface area contributed by atoms with E-state index in [1.54, 1.807) is 30.2 Å². The van der Waals surface area contributed by atoms with Crippen LogP contribution in [0.3, 0.4) is 0 Å². The number of likely N-dealkylation sites (N-methyl/N-ethyl adjacent to an activating group) is 1. The van der Waals surface area contributed by atoms with E-state index in [1.807, 2.05) is 25.1 Å². The van der Waals surface area contributed by atoms with Crippen LogP contribution in [0.1, 0.15) is 29.7 Å². The second kappa shape index (κ2) is 7.54. The molecule has 3 rings (SSSR count). The van der Waals surface area contributed by atoms with E-state index in [9.17, 15) is 13.2 Å². The van der Waals surface area contributed by atoms with Gasteiger partial charge in [0, 0.05) is 19.5 Å². The predicted octanol–water partition coefficient (Wildman–Crippen LogP) is 2.50. The van der Waals surface area contributed by atoms with Crippen LogP contribution in [0.15, 0.2) is 53.4 Å². The molecule has 1 aliphatic rings. The molecule has 1 heterocycles. The summed E-state index contributed by atoms with van der Waals surface area (Å²) < 4.78 is 28.2. The smallest absolute Gasteiger partial charge is 0.246 e. The Labute approximate surface area is 159 Å². The highest BCUT2D eigenvalue weighted by atomic mass is 32.2. The SMILES string of the molecule is CC(c1ccc(S(N)(=O)=O)cc1)N(C)C(=O)C=Cc1ccc2c(c1)CCO2. The Bertz CT molecular complexity index is 982. The van der Waals surface area contributed by atoms with Crippen LogP contribution in [0.5, 0.6) is 5.75 Å². The van der Waals surface area contributed by atoms with Gasteiger partial charge in [0.15, 0.2) is 0 Å². The van der Waals surface area contributed by atoms with E-state index in [0.29, 0.717) is 6.61 Å². The summed E-state index contributed by atoms with van der Waals surface area (Å²) in [4.78, 5) is 14.1. The van der Waals surface area contributed by atoms with Gasteiger partial charge >= 0.3 is 0 Å². The second-order valence-electron chi connectivity index (χ2n) is 6.54. The van der Waals surface area contributed by atoms with Crippen molar-refractivity contribution in [3.8, 4) is 5.75 Å². The molecule has 1 unspecified atom stereocenters. The first-order valence-corrected chi connectivity index (χ1v) is 10.1. The monoisotopic (exact) mass is 386 g/mol. The molecule has 0 bridgehead atoms. The number of rotatable bonds is 5. The zero-order valence-electron chi connectivity index (χ0n) is 15.3. The number of ether oxygens (including phenoxy) is 1. The first-order valence-electron chi connectivity index (χ1n) is 8.59. The summed E-state index contributed by atoms with van der Waals surface area (Å²) >= 11 is 0. The van der Waals surface area contributed by atoms with Crippen molar-refractivity contribution in [1.29, 1.82) is 0 Å². The van der Waals surface area contributed by atoms with E-state index in [1.165, 1.54) is 18.2 Å². The lowest BCUT2D eigenvalue weighted by Gasteiger charge is -2.24. The number of carbonyl (C=O) groups excluding carboxylic acids is 1. The number of primary sulfonamides is 1. The van der Waals surface area contributed by atoms with Crippen molar-refractivity contribution in [2.75, 3.05) is 13.7 Å². The molecule has 1 aliphatic heterocycles. The van der Waals surface area contributed by atoms with Crippen LogP contribution in [0.25, 0.3) is 6.08 Å². The van der Waals surface area contributed by atoms with Crippen molar-refractivity contribution in [2.45, 2.75) is 24.3 Å². The van der Waals surface area contributed by atoms with Crippen LogP contribution in [-0.4, -0.2) is 32.9 Å². The van der Waals surface area contributed by atoms with E-state index < -0.39 is 10.0 Å². The van der Waals surface area contributed by atoms with Gasteiger partial charge in [-0.2, -0.15) is 0 Å². The van der Waals surface area contributed by atoms with E-state index in [-0.39, 0.29) is 16.8 Å². The van der Waals surface area contributed by atoms with E-state index >= 15 is 0 Å². The van der Waals surface area contributed by atoms with Gasteiger partial charge < -0.3 is 9.64 Å². The molecular formula is C20H22N2O4S. The number of fused-ring (bicyclic) bond motifs is 1. The molecule has 7 heteroatoms. The van der Waals surface area contributed by atoms with Gasteiger partial charge in [0.1, 0.15) is 5.75 Å². The molecular weight excluding hydrogens is 364 g/mol. The van der Waals surface area contributed by atoms with Crippen molar-refractivity contribution in [1.82, 2.24) is 4.90 Å². The van der Waals surface area contributed by atoms with Crippen LogP contribution in [0.2, 0.25) is 0 Å². The van der Waals surface area contributed by atoms with Gasteiger partial charge in [-0.15, -0.1) is 0 Å². The van der Waals surface area contributed by atoms with Gasteiger partial charge in [-0.3, -0.25) is 4.79 Å². The summed E-state index contributed by atoms with van der Waals surface area (Å²) in [5, 5.41) is 5.11. The molecule has 0 saturated carbocycles. The lowest BCUT2D eigenvalue weighted by molar-refractivity contribution is -0.126. The topological polar surface area (TPSA) is 89.7 Å². The van der Waals surface area contributed by atoms with Crippen LogP contribution in [0.4, 0.5) is 0 Å². The summed E-state index contributed by atoms with van der Waals surface area (Å²) in [6.07, 6.45) is 4.21. The molecule has 2 aromatic rings. The molecule has 0 radical (unpaired) electrons. The summed E-state index contributed by atoms with van der Waals surface area (Å²) in [6, 6.07) is 11.9. The number of nitrogens with zero attached hydrogens (tertiary/aromatic N) is 1. The van der Waals surface area contributed by atoms with E-state index in [4.69, 9.17) is 9.88 Å². The third-order valence-electron chi connectivity index (χ3n) is 4.75. The minimum Gasteiger partial charge on any atom is -0.493 e. The van der Waals surface area contributed by atoms with Crippen molar-refractivity contribution in [2.24, 2.45) is 5.14 Å². The number of hydrogen-bond acceptors (Lipinski definition) is 4. The predicted molar refractivity (Wildman–Crippen MR) is 104 cm³/mol. The molecule has 1 amide bonds. The Hall–Kier alpha value is -2.64. The molecule has 0 fully saturated rings. The number of hydrogen-bond donors (Lipinski definition) is 1. The van der Waals surface area contributed by atoms with Gasteiger partial charge in [-0.25, -0.2) is 13.6 Å². The molecule has 0 aliphatic carbocycles. The molecule has 6 nitrogen and oxygen atoms in total. The summed E-state index contributed by atoms with van der Waals surface area (Å²) in [5.74, 6) is 0.766. The largest absolute Gasteiger partial charge is 0.493 e. The Morgan fingerprint density at radius 3 is 2.59 bits per heavy atom. The first-order chi connectivity index (χ1) is 12.8. The highest BCUT2D eigenvalue weighted by molar-refractivity contribution is 7.89. The van der Waals surface area contributed by atoms with Gasteiger partial charge in [0.25, 0.3) is 0 Å². The maximum Gasteiger partial charge on any atom is 0.246 e. The summed E-state index contributed by atoms with van der Waals surface area (Å²) in [7, 11) is -2.02. The molecule has 142 valence electrons. The van der Waals surface area contributed by atoms with Crippen LogP contribution < -0.4 is 9.88 Å². The van der Waals surface area contributed by atoms with Gasteiger partial charge in [-0.1, -0.05) is 18.2 Å². The molecule has 0 aromatic heterocycles. The van der Waals surface area contributed by atoms with Crippen molar-refractivity contribution < 1.29 is 17.9 Å². The first kappa shape index (κ1) is 19.1. The lowest BCUT2D eigenvalue weighted by Crippen LogP contribution is -2.28. The summed E-state index contributed by atoms with van der Waals surface area (Å²) in [6.45, 7) is 2.58. The molecule has 2 aromatic carbocycles. The second-order valence-corrected chi connectivity index (χ2v) is 8.10. The average molecular weight is 386 g/mol. The van der Waals surface area contributed by atoms with Crippen LogP contribution in [0, 0.1) is 0 Å². The van der Waals surface area contributed by atoms with Gasteiger partial charge in [0.05, 0.1) is 17.5 Å². The zero-order valence-corrected chi connectivity index (χ0v) is 16.1. The molecule has 1 atom stereocenters. The normalized spacial score (nSPS) is 14.6. The van der Waals surface area contributed by atoms with Crippen LogP contribution in [-0.2, 0) is 21.2 Å². The third kappa shape index (κ3) is 4.37. The van der Waals surface area contributed by atoms with E-state index in [0.717, 1.165) is 28.9 Å². The highest BCUT2D eigenvalue weighted by Crippen LogP contribution is 2.26. The number of amides is 1. The highest BCUT2D eigenvalue weighted by Gasteiger charge is 2.17. The zero-order chi connectivity index (χ0) is 19.6. The quantitative estimate of drug-likeness (QED) is 0.800. The maximum absolute atomic E-state index is 12.5. The fraction of sp³-hybridized carbons (Fsp3) is 0.250. The number of sulfonamides is 1. The molecule has 27 heavy (non-hydrogen) atoms. The fourth-order valence-electron chi connectivity index (χ4n) is 2.95. The number of carbonyl (C=O) groups is 1. The van der Waals surface area contributed by atoms with Gasteiger partial charge in [0.2, 0.25) is 15.9 Å². The summed E-state index contributed by atoms with van der Waals surface area (Å²) in [5.41, 5.74) is 2.92. The van der Waals surface area contributed by atoms with Crippen molar-refractivity contribution >= 4 is 22.0 Å². The minimum atomic E-state index is -3.73. The third-order valence-corrected chi connectivity index (χ3v) is 5.68. The van der Waals surface area contributed by atoms with Crippen LogP contribution >= 0.6 is 0 Å². The molecule has 2 N–H and O–H groups in total. The number of nitrogens with two attached hydrogens (primary N) is 1. The molecule has 0 spiro atoms. The fourth-order valence-corrected chi connectivity index (χ4v) is 3.46. The maximum atomic E-state index is 12.5. The minimum absolute atomic E-state index is 0.0490. The van der Waals surface area contributed by atoms with Gasteiger partial charge in [-0.05, 0) is 54.0 Å². The standard InChI is InChI=1S/C20H22N2O4S/c1-14(16-5-7-18(8-6-16)27(21,24)25)22(2)20(23)10-4-15-3-9-19-17(13-15)11-12-26-19/h3-10,13-14H,11-12H2,1-2H3,(H2,21,24,25). The Balaban J connectivity index is 1.69. The number of benzene rings is 2. The Kier molecular flexibility index (Phi) is 5.34. The molecule has 0 saturated heterocycles. The van der Waals surface area contributed by atoms with Crippen molar-refractivity contribution in [3.63, 3.8) is 0 Å². The van der Waals surface area contributed by atoms with E-state index in [2.05, 4.69) is 0 Å². The lowest BCUT2D eigenvalue weighted by atomic mass is 10.1.